The van der Waals surface area contributed by atoms with Crippen LogP contribution in [0.2, 0.25) is 5.02 Å². The topological polar surface area (TPSA) is 58.0 Å². The fourth-order valence-corrected chi connectivity index (χ4v) is 1.81. The molecular formula is C13H12ClF2N3O. The molecule has 20 heavy (non-hydrogen) atoms. The number of nitrogens with zero attached hydrogens (tertiary/aromatic N) is 2. The van der Waals surface area contributed by atoms with E-state index in [1.54, 1.807) is 6.92 Å². The summed E-state index contributed by atoms with van der Waals surface area (Å²) in [6.07, 6.45) is 1.37. The number of hydrogen-bond donors (Lipinski definition) is 2. The maximum absolute atomic E-state index is 13.6. The number of anilines is 1. The van der Waals surface area contributed by atoms with Crippen LogP contribution in [-0.2, 0) is 0 Å². The highest BCUT2D eigenvalue weighted by Crippen LogP contribution is 2.24. The standard InChI is InChI=1S/C13H12ClF2N3O/c1-7(19-13-17-5-8(14)6-18-13)12(20)11-9(15)3-2-4-10(11)16/h2-7,12,20H,1H3,(H,17,18,19). The van der Waals surface area contributed by atoms with E-state index in [1.165, 1.54) is 18.5 Å². The first-order valence-electron chi connectivity index (χ1n) is 5.85. The van der Waals surface area contributed by atoms with Crippen molar-refractivity contribution in [1.82, 2.24) is 9.97 Å². The summed E-state index contributed by atoms with van der Waals surface area (Å²) in [5.74, 6) is -1.40. The zero-order valence-corrected chi connectivity index (χ0v) is 11.3. The maximum atomic E-state index is 13.6. The third-order valence-corrected chi connectivity index (χ3v) is 2.94. The minimum atomic E-state index is -1.38. The second-order valence-electron chi connectivity index (χ2n) is 4.24. The van der Waals surface area contributed by atoms with Gasteiger partial charge in [-0.2, -0.15) is 0 Å². The molecule has 0 saturated carbocycles. The summed E-state index contributed by atoms with van der Waals surface area (Å²) >= 11 is 5.65. The van der Waals surface area contributed by atoms with Gasteiger partial charge in [0.15, 0.2) is 0 Å². The van der Waals surface area contributed by atoms with Crippen molar-refractivity contribution in [2.45, 2.75) is 19.1 Å². The van der Waals surface area contributed by atoms with Gasteiger partial charge >= 0.3 is 0 Å². The van der Waals surface area contributed by atoms with E-state index in [4.69, 9.17) is 11.6 Å². The molecule has 1 aromatic heterocycles. The van der Waals surface area contributed by atoms with Gasteiger partial charge in [-0.3, -0.25) is 0 Å². The number of aliphatic hydroxyl groups is 1. The Kier molecular flexibility index (Phi) is 4.46. The summed E-state index contributed by atoms with van der Waals surface area (Å²) in [4.78, 5) is 7.77. The molecule has 0 aliphatic rings. The van der Waals surface area contributed by atoms with Crippen LogP contribution in [0.4, 0.5) is 14.7 Å². The average molecular weight is 300 g/mol. The van der Waals surface area contributed by atoms with Crippen molar-refractivity contribution in [3.8, 4) is 0 Å². The lowest BCUT2D eigenvalue weighted by molar-refractivity contribution is 0.151. The average Bonchev–Trinajstić information content (AvgIpc) is 2.41. The Morgan fingerprint density at radius 3 is 2.30 bits per heavy atom. The van der Waals surface area contributed by atoms with Gasteiger partial charge in [0.2, 0.25) is 5.95 Å². The monoisotopic (exact) mass is 299 g/mol. The molecule has 7 heteroatoms. The second-order valence-corrected chi connectivity index (χ2v) is 4.67. The smallest absolute Gasteiger partial charge is 0.222 e. The van der Waals surface area contributed by atoms with Crippen molar-refractivity contribution < 1.29 is 13.9 Å². The highest BCUT2D eigenvalue weighted by molar-refractivity contribution is 6.30. The zero-order chi connectivity index (χ0) is 14.7. The summed E-state index contributed by atoms with van der Waals surface area (Å²) in [6.45, 7) is 1.56. The molecule has 2 atom stereocenters. The summed E-state index contributed by atoms with van der Waals surface area (Å²) < 4.78 is 27.2. The molecule has 1 heterocycles. The number of hydrogen-bond acceptors (Lipinski definition) is 4. The van der Waals surface area contributed by atoms with E-state index >= 15 is 0 Å². The van der Waals surface area contributed by atoms with Crippen LogP contribution >= 0.6 is 11.6 Å². The third kappa shape index (κ3) is 3.20. The molecule has 2 rings (SSSR count). The normalized spacial score (nSPS) is 13.8. The Morgan fingerprint density at radius 1 is 1.20 bits per heavy atom. The molecule has 0 bridgehead atoms. The van der Waals surface area contributed by atoms with Gasteiger partial charge in [0.1, 0.15) is 17.7 Å². The van der Waals surface area contributed by atoms with E-state index in [-0.39, 0.29) is 11.5 Å². The lowest BCUT2D eigenvalue weighted by Crippen LogP contribution is -2.26. The van der Waals surface area contributed by atoms with Crippen molar-refractivity contribution in [1.29, 1.82) is 0 Å². The molecular weight excluding hydrogens is 288 g/mol. The number of benzene rings is 1. The van der Waals surface area contributed by atoms with Gasteiger partial charge in [-0.05, 0) is 19.1 Å². The molecule has 2 N–H and O–H groups in total. The number of aromatic nitrogens is 2. The quantitative estimate of drug-likeness (QED) is 0.911. The number of aliphatic hydroxyl groups excluding tert-OH is 1. The fourth-order valence-electron chi connectivity index (χ4n) is 1.71. The van der Waals surface area contributed by atoms with Crippen LogP contribution in [0.15, 0.2) is 30.6 Å². The summed E-state index contributed by atoms with van der Waals surface area (Å²) in [5.41, 5.74) is -0.388. The molecule has 0 fully saturated rings. The van der Waals surface area contributed by atoms with Gasteiger partial charge in [0, 0.05) is 0 Å². The Morgan fingerprint density at radius 2 is 1.75 bits per heavy atom. The Labute approximate surface area is 119 Å². The predicted molar refractivity (Wildman–Crippen MR) is 71.4 cm³/mol. The SMILES string of the molecule is CC(Nc1ncc(Cl)cn1)C(O)c1c(F)cccc1F. The predicted octanol–water partition coefficient (Wildman–Crippen LogP) is 2.94. The van der Waals surface area contributed by atoms with Crippen LogP contribution in [0.25, 0.3) is 0 Å². The summed E-state index contributed by atoms with van der Waals surface area (Å²) in [5, 5.41) is 13.2. The Hall–Kier alpha value is -1.79. The zero-order valence-electron chi connectivity index (χ0n) is 10.5. The first-order chi connectivity index (χ1) is 9.49. The van der Waals surface area contributed by atoms with E-state index in [9.17, 15) is 13.9 Å². The van der Waals surface area contributed by atoms with Crippen molar-refractivity contribution in [2.75, 3.05) is 5.32 Å². The molecule has 4 nitrogen and oxygen atoms in total. The van der Waals surface area contributed by atoms with Crippen molar-refractivity contribution in [2.24, 2.45) is 0 Å². The Balaban J connectivity index is 2.16. The van der Waals surface area contributed by atoms with Gasteiger partial charge in [0.05, 0.1) is 29.0 Å². The van der Waals surface area contributed by atoms with E-state index < -0.39 is 23.8 Å². The number of rotatable bonds is 4. The fraction of sp³-hybridized carbons (Fsp3) is 0.231. The van der Waals surface area contributed by atoms with Crippen molar-refractivity contribution in [3.05, 3.63) is 52.8 Å². The molecule has 0 amide bonds. The van der Waals surface area contributed by atoms with Gasteiger partial charge < -0.3 is 10.4 Å². The highest BCUT2D eigenvalue weighted by Gasteiger charge is 2.23. The van der Waals surface area contributed by atoms with Crippen LogP contribution in [0.1, 0.15) is 18.6 Å². The summed E-state index contributed by atoms with van der Waals surface area (Å²) in [7, 11) is 0. The molecule has 1 aromatic carbocycles. The van der Waals surface area contributed by atoms with Crippen LogP contribution in [-0.4, -0.2) is 21.1 Å². The maximum Gasteiger partial charge on any atom is 0.222 e. The van der Waals surface area contributed by atoms with Crippen molar-refractivity contribution >= 4 is 17.5 Å². The van der Waals surface area contributed by atoms with Gasteiger partial charge in [-0.1, -0.05) is 17.7 Å². The molecule has 0 aliphatic carbocycles. The van der Waals surface area contributed by atoms with Crippen LogP contribution in [0.5, 0.6) is 0 Å². The van der Waals surface area contributed by atoms with Crippen LogP contribution in [0, 0.1) is 11.6 Å². The molecule has 0 spiro atoms. The molecule has 106 valence electrons. The van der Waals surface area contributed by atoms with Crippen LogP contribution < -0.4 is 5.32 Å². The van der Waals surface area contributed by atoms with Gasteiger partial charge in [-0.15, -0.1) is 0 Å². The van der Waals surface area contributed by atoms with Gasteiger partial charge in [-0.25, -0.2) is 18.7 Å². The lowest BCUT2D eigenvalue weighted by atomic mass is 10.0. The third-order valence-electron chi connectivity index (χ3n) is 2.75. The van der Waals surface area contributed by atoms with Gasteiger partial charge in [0.25, 0.3) is 0 Å². The minimum absolute atomic E-state index is 0.206. The summed E-state index contributed by atoms with van der Waals surface area (Å²) in [6, 6.07) is 2.73. The number of halogens is 3. The molecule has 0 radical (unpaired) electrons. The second kappa shape index (κ2) is 6.11. The lowest BCUT2D eigenvalue weighted by Gasteiger charge is -2.21. The van der Waals surface area contributed by atoms with Crippen molar-refractivity contribution in [3.63, 3.8) is 0 Å². The minimum Gasteiger partial charge on any atom is -0.386 e. The van der Waals surface area contributed by atoms with E-state index in [0.29, 0.717) is 5.02 Å². The van der Waals surface area contributed by atoms with Crippen LogP contribution in [0.3, 0.4) is 0 Å². The number of nitrogens with one attached hydrogen (secondary N) is 1. The molecule has 2 aromatic rings. The largest absolute Gasteiger partial charge is 0.386 e. The van der Waals surface area contributed by atoms with E-state index in [0.717, 1.165) is 12.1 Å². The first kappa shape index (κ1) is 14.6. The first-order valence-corrected chi connectivity index (χ1v) is 6.23. The van der Waals surface area contributed by atoms with E-state index in [2.05, 4.69) is 15.3 Å². The molecule has 0 aliphatic heterocycles. The molecule has 0 saturated heterocycles. The molecule has 2 unspecified atom stereocenters. The Bertz CT molecular complexity index is 574. The van der Waals surface area contributed by atoms with E-state index in [1.807, 2.05) is 0 Å². The highest BCUT2D eigenvalue weighted by atomic mass is 35.5.